The van der Waals surface area contributed by atoms with Gasteiger partial charge in [-0.2, -0.15) is 0 Å². The van der Waals surface area contributed by atoms with Gasteiger partial charge in [-0.25, -0.2) is 0 Å². The number of aromatic hydroxyl groups is 1. The molecule has 2 rings (SSSR count). The summed E-state index contributed by atoms with van der Waals surface area (Å²) in [6.45, 7) is 6.38. The number of thiophene rings is 1. The van der Waals surface area contributed by atoms with Gasteiger partial charge in [-0.05, 0) is 66.0 Å². The quantitative estimate of drug-likeness (QED) is 0.874. The van der Waals surface area contributed by atoms with E-state index in [4.69, 9.17) is 5.73 Å². The minimum atomic E-state index is 0.0993. The van der Waals surface area contributed by atoms with E-state index in [9.17, 15) is 5.11 Å². The summed E-state index contributed by atoms with van der Waals surface area (Å²) in [5.74, 6) is 0.598. The predicted octanol–water partition coefficient (Wildman–Crippen LogP) is 4.00. The van der Waals surface area contributed by atoms with Gasteiger partial charge in [-0.15, -0.1) is 11.3 Å². The van der Waals surface area contributed by atoms with Crippen molar-refractivity contribution in [1.82, 2.24) is 0 Å². The molecule has 0 aliphatic rings. The molecule has 2 unspecified atom stereocenters. The topological polar surface area (TPSA) is 46.2 Å². The number of hydrogen-bond acceptors (Lipinski definition) is 3. The van der Waals surface area contributed by atoms with Crippen LogP contribution < -0.4 is 5.73 Å². The van der Waals surface area contributed by atoms with E-state index in [2.05, 4.69) is 25.3 Å². The van der Waals surface area contributed by atoms with E-state index in [0.717, 1.165) is 18.4 Å². The van der Waals surface area contributed by atoms with Crippen LogP contribution >= 0.6 is 11.3 Å². The largest absolute Gasteiger partial charge is 0.508 e. The van der Waals surface area contributed by atoms with Crippen LogP contribution in [0.3, 0.4) is 0 Å². The molecule has 2 nitrogen and oxygen atoms in total. The van der Waals surface area contributed by atoms with Crippen molar-refractivity contribution in [1.29, 1.82) is 0 Å². The second-order valence-electron chi connectivity index (χ2n) is 5.42. The highest BCUT2D eigenvalue weighted by Crippen LogP contribution is 2.28. The summed E-state index contributed by atoms with van der Waals surface area (Å²) in [6.07, 6.45) is 1.99. The van der Waals surface area contributed by atoms with E-state index in [1.165, 1.54) is 16.0 Å². The molecule has 20 heavy (non-hydrogen) atoms. The molecule has 0 bridgehead atoms. The van der Waals surface area contributed by atoms with Gasteiger partial charge >= 0.3 is 0 Å². The standard InChI is InChI=1S/C17H23NOS/c1-4-13-7-8-20-17(13)10-16(18)12(3)15-6-5-14(19)9-11(15)2/h5-9,12,16,19H,4,10,18H2,1-3H3. The summed E-state index contributed by atoms with van der Waals surface area (Å²) in [5, 5.41) is 11.7. The molecule has 1 aromatic heterocycles. The van der Waals surface area contributed by atoms with E-state index >= 15 is 0 Å². The lowest BCUT2D eigenvalue weighted by Crippen LogP contribution is -2.29. The molecule has 1 aromatic carbocycles. The van der Waals surface area contributed by atoms with Crippen LogP contribution in [0.15, 0.2) is 29.6 Å². The highest BCUT2D eigenvalue weighted by molar-refractivity contribution is 7.10. The molecule has 0 radical (unpaired) electrons. The molecule has 0 amide bonds. The summed E-state index contributed by atoms with van der Waals surface area (Å²) in [5.41, 5.74) is 10.2. The zero-order valence-electron chi connectivity index (χ0n) is 12.4. The Morgan fingerprint density at radius 3 is 2.70 bits per heavy atom. The Morgan fingerprint density at radius 2 is 2.05 bits per heavy atom. The number of aryl methyl sites for hydroxylation is 2. The first-order chi connectivity index (χ1) is 9.52. The van der Waals surface area contributed by atoms with Crippen molar-refractivity contribution < 1.29 is 5.11 Å². The minimum absolute atomic E-state index is 0.0993. The molecular formula is C17H23NOS. The highest BCUT2D eigenvalue weighted by Gasteiger charge is 2.19. The zero-order valence-corrected chi connectivity index (χ0v) is 13.2. The number of phenolic OH excluding ortho intramolecular Hbond substituents is 1. The third kappa shape index (κ3) is 3.22. The Bertz CT molecular complexity index is 576. The van der Waals surface area contributed by atoms with E-state index in [0.29, 0.717) is 5.75 Å². The summed E-state index contributed by atoms with van der Waals surface area (Å²) in [6, 6.07) is 7.84. The number of nitrogens with two attached hydrogens (primary N) is 1. The van der Waals surface area contributed by atoms with Crippen molar-refractivity contribution in [2.24, 2.45) is 5.73 Å². The molecule has 0 saturated carbocycles. The summed E-state index contributed by atoms with van der Waals surface area (Å²) >= 11 is 1.80. The van der Waals surface area contributed by atoms with Gasteiger partial charge in [0.2, 0.25) is 0 Å². The second kappa shape index (κ2) is 6.42. The number of hydrogen-bond donors (Lipinski definition) is 2. The van der Waals surface area contributed by atoms with Crippen LogP contribution in [0.5, 0.6) is 5.75 Å². The van der Waals surface area contributed by atoms with Crippen molar-refractivity contribution in [2.45, 2.75) is 45.6 Å². The summed E-state index contributed by atoms with van der Waals surface area (Å²) in [7, 11) is 0. The Kier molecular flexibility index (Phi) is 4.84. The van der Waals surface area contributed by atoms with Crippen LogP contribution in [0.1, 0.15) is 41.3 Å². The minimum Gasteiger partial charge on any atom is -0.508 e. The molecule has 0 saturated heterocycles. The van der Waals surface area contributed by atoms with Crippen molar-refractivity contribution in [3.63, 3.8) is 0 Å². The third-order valence-corrected chi connectivity index (χ3v) is 5.01. The molecule has 2 aromatic rings. The molecule has 0 spiro atoms. The van der Waals surface area contributed by atoms with Gasteiger partial charge in [-0.3, -0.25) is 0 Å². The fraction of sp³-hybridized carbons (Fsp3) is 0.412. The van der Waals surface area contributed by atoms with E-state index < -0.39 is 0 Å². The zero-order chi connectivity index (χ0) is 14.7. The third-order valence-electron chi connectivity index (χ3n) is 4.03. The van der Waals surface area contributed by atoms with Gasteiger partial charge < -0.3 is 10.8 Å². The Labute approximate surface area is 125 Å². The van der Waals surface area contributed by atoms with Gasteiger partial charge in [0.1, 0.15) is 5.75 Å². The lowest BCUT2D eigenvalue weighted by molar-refractivity contribution is 0.473. The maximum Gasteiger partial charge on any atom is 0.115 e. The van der Waals surface area contributed by atoms with Crippen LogP contribution in [-0.2, 0) is 12.8 Å². The fourth-order valence-electron chi connectivity index (χ4n) is 2.65. The van der Waals surface area contributed by atoms with Crippen molar-refractivity contribution >= 4 is 11.3 Å². The van der Waals surface area contributed by atoms with Gasteiger partial charge in [0.05, 0.1) is 0 Å². The van der Waals surface area contributed by atoms with E-state index in [-0.39, 0.29) is 12.0 Å². The molecule has 3 heteroatoms. The number of phenols is 1. The fourth-order valence-corrected chi connectivity index (χ4v) is 3.70. The Morgan fingerprint density at radius 1 is 1.30 bits per heavy atom. The first kappa shape index (κ1) is 15.1. The molecule has 108 valence electrons. The summed E-state index contributed by atoms with van der Waals surface area (Å²) < 4.78 is 0. The van der Waals surface area contributed by atoms with Gasteiger partial charge in [0, 0.05) is 10.9 Å². The van der Waals surface area contributed by atoms with E-state index in [1.807, 2.05) is 13.0 Å². The Balaban J connectivity index is 2.14. The molecule has 0 fully saturated rings. The molecular weight excluding hydrogens is 266 g/mol. The van der Waals surface area contributed by atoms with Crippen LogP contribution in [0.2, 0.25) is 0 Å². The van der Waals surface area contributed by atoms with E-state index in [1.54, 1.807) is 23.5 Å². The maximum atomic E-state index is 9.50. The molecule has 3 N–H and O–H groups in total. The average molecular weight is 289 g/mol. The SMILES string of the molecule is CCc1ccsc1CC(N)C(C)c1ccc(O)cc1C. The molecule has 0 aliphatic heterocycles. The number of rotatable bonds is 5. The normalized spacial score (nSPS) is 14.2. The molecule has 0 aliphatic carbocycles. The lowest BCUT2D eigenvalue weighted by atomic mass is 9.88. The first-order valence-electron chi connectivity index (χ1n) is 7.13. The van der Waals surface area contributed by atoms with Gasteiger partial charge in [0.25, 0.3) is 0 Å². The van der Waals surface area contributed by atoms with Gasteiger partial charge in [-0.1, -0.05) is 19.9 Å². The smallest absolute Gasteiger partial charge is 0.115 e. The first-order valence-corrected chi connectivity index (χ1v) is 8.01. The highest BCUT2D eigenvalue weighted by atomic mass is 32.1. The van der Waals surface area contributed by atoms with Crippen molar-refractivity contribution in [2.75, 3.05) is 0 Å². The van der Waals surface area contributed by atoms with Crippen LogP contribution in [-0.4, -0.2) is 11.1 Å². The molecule has 1 heterocycles. The maximum absolute atomic E-state index is 9.50. The van der Waals surface area contributed by atoms with Crippen molar-refractivity contribution in [3.8, 4) is 5.75 Å². The average Bonchev–Trinajstić information content (AvgIpc) is 2.85. The van der Waals surface area contributed by atoms with Crippen LogP contribution in [0.4, 0.5) is 0 Å². The Hall–Kier alpha value is -1.32. The van der Waals surface area contributed by atoms with Crippen LogP contribution in [0.25, 0.3) is 0 Å². The molecule has 2 atom stereocenters. The second-order valence-corrected chi connectivity index (χ2v) is 6.42. The van der Waals surface area contributed by atoms with Gasteiger partial charge in [0.15, 0.2) is 0 Å². The van der Waals surface area contributed by atoms with Crippen molar-refractivity contribution in [3.05, 3.63) is 51.2 Å². The monoisotopic (exact) mass is 289 g/mol. The number of benzene rings is 1. The van der Waals surface area contributed by atoms with Crippen LogP contribution in [0, 0.1) is 6.92 Å². The predicted molar refractivity (Wildman–Crippen MR) is 86.6 cm³/mol. The summed E-state index contributed by atoms with van der Waals surface area (Å²) in [4.78, 5) is 1.41. The lowest BCUT2D eigenvalue weighted by Gasteiger charge is -2.22.